The van der Waals surface area contributed by atoms with E-state index in [1.54, 1.807) is 0 Å². The summed E-state index contributed by atoms with van der Waals surface area (Å²) in [5.74, 6) is 0. The number of nitrogens with two attached hydrogens (primary N) is 1. The van der Waals surface area contributed by atoms with Crippen LogP contribution in [-0.2, 0) is 0 Å². The van der Waals surface area contributed by atoms with Gasteiger partial charge in [0.2, 0.25) is 0 Å². The van der Waals surface area contributed by atoms with Crippen molar-refractivity contribution >= 4 is 16.5 Å². The van der Waals surface area contributed by atoms with E-state index >= 15 is 0 Å². The molecule has 3 aromatic rings. The third kappa shape index (κ3) is 1.72. The lowest BCUT2D eigenvalue weighted by Gasteiger charge is -2.09. The maximum absolute atomic E-state index is 6.08. The largest absolute Gasteiger partial charge is 0.398 e. The molecule has 0 amide bonds. The molecule has 2 nitrogen and oxygen atoms in total. The van der Waals surface area contributed by atoms with Crippen molar-refractivity contribution < 1.29 is 0 Å². The second kappa shape index (κ2) is 4.15. The number of nitrogen functional groups attached to an aromatic ring is 1. The molecule has 18 heavy (non-hydrogen) atoms. The number of anilines is 1. The van der Waals surface area contributed by atoms with Crippen LogP contribution in [0.4, 0.5) is 5.69 Å². The molecular weight excluding hydrogens is 220 g/mol. The quantitative estimate of drug-likeness (QED) is 0.650. The second-order valence-corrected chi connectivity index (χ2v) is 4.50. The minimum absolute atomic E-state index is 0.791. The molecule has 1 heterocycles. The van der Waals surface area contributed by atoms with Crippen molar-refractivity contribution in [2.45, 2.75) is 6.92 Å². The van der Waals surface area contributed by atoms with Crippen LogP contribution in [0.5, 0.6) is 0 Å². The fourth-order valence-electron chi connectivity index (χ4n) is 2.23. The van der Waals surface area contributed by atoms with Gasteiger partial charge in [-0.15, -0.1) is 0 Å². The van der Waals surface area contributed by atoms with E-state index in [1.165, 1.54) is 10.9 Å². The van der Waals surface area contributed by atoms with Crippen molar-refractivity contribution in [1.82, 2.24) is 4.98 Å². The summed E-state index contributed by atoms with van der Waals surface area (Å²) in [6.07, 6.45) is 3.76. The highest BCUT2D eigenvalue weighted by molar-refractivity contribution is 5.98. The Morgan fingerprint density at radius 2 is 1.78 bits per heavy atom. The molecule has 88 valence electrons. The molecule has 1 aromatic heterocycles. The van der Waals surface area contributed by atoms with Crippen molar-refractivity contribution in [2.24, 2.45) is 0 Å². The van der Waals surface area contributed by atoms with Crippen molar-refractivity contribution in [3.05, 3.63) is 60.4 Å². The topological polar surface area (TPSA) is 38.9 Å². The fourth-order valence-corrected chi connectivity index (χ4v) is 2.23. The van der Waals surface area contributed by atoms with Gasteiger partial charge in [-0.05, 0) is 24.4 Å². The summed E-state index contributed by atoms with van der Waals surface area (Å²) in [6, 6.07) is 14.3. The number of nitrogens with zero attached hydrogens (tertiary/aromatic N) is 1. The molecule has 0 aliphatic carbocycles. The van der Waals surface area contributed by atoms with Crippen LogP contribution < -0.4 is 5.73 Å². The van der Waals surface area contributed by atoms with Gasteiger partial charge in [0.15, 0.2) is 0 Å². The van der Waals surface area contributed by atoms with Gasteiger partial charge in [0.25, 0.3) is 0 Å². The Morgan fingerprint density at radius 1 is 0.944 bits per heavy atom. The second-order valence-electron chi connectivity index (χ2n) is 4.50. The lowest BCUT2D eigenvalue weighted by molar-refractivity contribution is 1.36. The first-order valence-electron chi connectivity index (χ1n) is 5.95. The van der Waals surface area contributed by atoms with Gasteiger partial charge in [0, 0.05) is 34.6 Å². The van der Waals surface area contributed by atoms with Crippen LogP contribution in [-0.4, -0.2) is 4.98 Å². The molecule has 2 aromatic carbocycles. The Kier molecular flexibility index (Phi) is 2.49. The van der Waals surface area contributed by atoms with E-state index in [1.807, 2.05) is 36.7 Å². The number of pyridine rings is 1. The Hall–Kier alpha value is -2.35. The average molecular weight is 234 g/mol. The van der Waals surface area contributed by atoms with Crippen molar-refractivity contribution in [1.29, 1.82) is 0 Å². The van der Waals surface area contributed by atoms with Crippen molar-refractivity contribution in [3.63, 3.8) is 0 Å². The third-order valence-electron chi connectivity index (χ3n) is 3.17. The Bertz CT molecular complexity index is 712. The zero-order valence-electron chi connectivity index (χ0n) is 10.2. The summed E-state index contributed by atoms with van der Waals surface area (Å²) in [6.45, 7) is 2.07. The van der Waals surface area contributed by atoms with E-state index in [2.05, 4.69) is 30.1 Å². The zero-order chi connectivity index (χ0) is 12.5. The lowest BCUT2D eigenvalue weighted by atomic mass is 9.98. The molecule has 0 fully saturated rings. The highest BCUT2D eigenvalue weighted by Gasteiger charge is 2.07. The highest BCUT2D eigenvalue weighted by Crippen LogP contribution is 2.32. The van der Waals surface area contributed by atoms with Crippen LogP contribution in [0.25, 0.3) is 21.9 Å². The maximum atomic E-state index is 6.08. The molecule has 0 unspecified atom stereocenters. The summed E-state index contributed by atoms with van der Waals surface area (Å²) in [5.41, 5.74) is 10.2. The van der Waals surface area contributed by atoms with Crippen LogP contribution in [0.1, 0.15) is 5.56 Å². The number of hydrogen-bond acceptors (Lipinski definition) is 2. The molecule has 0 atom stereocenters. The minimum atomic E-state index is 0.791. The molecule has 2 heteroatoms. The lowest BCUT2D eigenvalue weighted by Crippen LogP contribution is -1.92. The van der Waals surface area contributed by atoms with E-state index < -0.39 is 0 Å². The number of hydrogen-bond donors (Lipinski definition) is 1. The van der Waals surface area contributed by atoms with Gasteiger partial charge in [0.05, 0.1) is 0 Å². The van der Waals surface area contributed by atoms with Gasteiger partial charge < -0.3 is 5.73 Å². The van der Waals surface area contributed by atoms with Crippen LogP contribution in [0.3, 0.4) is 0 Å². The van der Waals surface area contributed by atoms with E-state index in [0.717, 1.165) is 22.2 Å². The van der Waals surface area contributed by atoms with Crippen LogP contribution in [0, 0.1) is 6.92 Å². The Morgan fingerprint density at radius 3 is 2.67 bits per heavy atom. The first-order valence-corrected chi connectivity index (χ1v) is 5.95. The third-order valence-corrected chi connectivity index (χ3v) is 3.17. The van der Waals surface area contributed by atoms with Gasteiger partial charge in [-0.1, -0.05) is 35.9 Å². The van der Waals surface area contributed by atoms with Gasteiger partial charge in [-0.3, -0.25) is 4.98 Å². The first-order chi connectivity index (χ1) is 8.75. The molecule has 3 rings (SSSR count). The predicted octanol–water partition coefficient (Wildman–Crippen LogP) is 3.79. The fraction of sp³-hybridized carbons (Fsp3) is 0.0625. The number of rotatable bonds is 1. The number of fused-ring (bicyclic) bond motifs is 1. The van der Waals surface area contributed by atoms with Gasteiger partial charge in [-0.25, -0.2) is 0 Å². The van der Waals surface area contributed by atoms with E-state index in [4.69, 9.17) is 5.73 Å². The minimum Gasteiger partial charge on any atom is -0.398 e. The number of benzene rings is 2. The van der Waals surface area contributed by atoms with E-state index in [9.17, 15) is 0 Å². The Labute approximate surface area is 106 Å². The molecule has 0 bridgehead atoms. The maximum Gasteiger partial charge on any atom is 0.0394 e. The average Bonchev–Trinajstić information content (AvgIpc) is 2.41. The molecule has 0 spiro atoms. The SMILES string of the molecule is Cc1ccc(N)c(-c2cncc3ccccc23)c1. The molecular formula is C16H14N2. The van der Waals surface area contributed by atoms with Gasteiger partial charge in [-0.2, -0.15) is 0 Å². The van der Waals surface area contributed by atoms with E-state index in [0.29, 0.717) is 0 Å². The van der Waals surface area contributed by atoms with Crippen LogP contribution in [0.15, 0.2) is 54.9 Å². The van der Waals surface area contributed by atoms with Crippen LogP contribution >= 0.6 is 0 Å². The zero-order valence-corrected chi connectivity index (χ0v) is 10.2. The summed E-state index contributed by atoms with van der Waals surface area (Å²) in [5, 5.41) is 2.32. The molecule has 0 aliphatic heterocycles. The molecule has 0 aliphatic rings. The number of aromatic nitrogens is 1. The standard InChI is InChI=1S/C16H14N2/c1-11-6-7-16(17)14(8-11)15-10-18-9-12-4-2-3-5-13(12)15/h2-10H,17H2,1H3. The molecule has 0 saturated carbocycles. The first kappa shape index (κ1) is 10.8. The van der Waals surface area contributed by atoms with Crippen molar-refractivity contribution in [2.75, 3.05) is 5.73 Å². The van der Waals surface area contributed by atoms with Gasteiger partial charge >= 0.3 is 0 Å². The molecule has 2 N–H and O–H groups in total. The molecule has 0 radical (unpaired) electrons. The monoisotopic (exact) mass is 234 g/mol. The summed E-state index contributed by atoms with van der Waals surface area (Å²) >= 11 is 0. The highest BCUT2D eigenvalue weighted by atomic mass is 14.6. The van der Waals surface area contributed by atoms with Crippen LogP contribution in [0.2, 0.25) is 0 Å². The smallest absolute Gasteiger partial charge is 0.0394 e. The van der Waals surface area contributed by atoms with E-state index in [-0.39, 0.29) is 0 Å². The summed E-state index contributed by atoms with van der Waals surface area (Å²) in [4.78, 5) is 4.30. The Balaban J connectivity index is 2.35. The number of aryl methyl sites for hydroxylation is 1. The van der Waals surface area contributed by atoms with Crippen molar-refractivity contribution in [3.8, 4) is 11.1 Å². The van der Waals surface area contributed by atoms with Gasteiger partial charge in [0.1, 0.15) is 0 Å². The normalized spacial score (nSPS) is 10.7. The molecule has 0 saturated heterocycles. The predicted molar refractivity (Wildman–Crippen MR) is 76.3 cm³/mol. The summed E-state index contributed by atoms with van der Waals surface area (Å²) in [7, 11) is 0. The summed E-state index contributed by atoms with van der Waals surface area (Å²) < 4.78 is 0.